The number of nitrogens with zero attached hydrogens (tertiary/aromatic N) is 7. The van der Waals surface area contributed by atoms with Crippen LogP contribution in [0.25, 0.3) is 27.8 Å². The lowest BCUT2D eigenvalue weighted by atomic mass is 10.1. The van der Waals surface area contributed by atoms with Gasteiger partial charge in [-0.1, -0.05) is 18.2 Å². The third-order valence-corrected chi connectivity index (χ3v) is 4.62. The number of fused-ring (bicyclic) bond motifs is 2. The van der Waals surface area contributed by atoms with Gasteiger partial charge in [0.2, 0.25) is 0 Å². The second kappa shape index (κ2) is 7.17. The molecule has 2 aromatic carbocycles. The molecule has 10 heteroatoms. The molecule has 0 amide bonds. The maximum absolute atomic E-state index is 10.9. The number of aromatic amines is 1. The van der Waals surface area contributed by atoms with Crippen LogP contribution in [0, 0.1) is 0 Å². The highest BCUT2D eigenvalue weighted by Crippen LogP contribution is 2.26. The van der Waals surface area contributed by atoms with Crippen LogP contribution in [0.1, 0.15) is 15.9 Å². The summed E-state index contributed by atoms with van der Waals surface area (Å²) in [5.74, 6) is -0.559. The van der Waals surface area contributed by atoms with Crippen LogP contribution in [-0.4, -0.2) is 40.8 Å². The van der Waals surface area contributed by atoms with Crippen molar-refractivity contribution in [2.24, 2.45) is 10.2 Å². The van der Waals surface area contributed by atoms with Crippen LogP contribution >= 0.6 is 0 Å². The number of benzene rings is 2. The van der Waals surface area contributed by atoms with Crippen molar-refractivity contribution < 1.29 is 9.90 Å². The molecule has 0 saturated heterocycles. The van der Waals surface area contributed by atoms with Gasteiger partial charge in [-0.15, -0.1) is 5.11 Å². The first-order valence-corrected chi connectivity index (χ1v) is 9.01. The Morgan fingerprint density at radius 2 is 1.97 bits per heavy atom. The highest BCUT2D eigenvalue weighted by atomic mass is 16.4. The summed E-state index contributed by atoms with van der Waals surface area (Å²) in [6.45, 7) is 0.298. The average molecular weight is 398 g/mol. The maximum Gasteiger partial charge on any atom is 0.335 e. The minimum absolute atomic E-state index is 0.229. The number of rotatable bonds is 5. The lowest BCUT2D eigenvalue weighted by Crippen LogP contribution is -1.98. The van der Waals surface area contributed by atoms with Gasteiger partial charge in [0, 0.05) is 0 Å². The van der Waals surface area contributed by atoms with E-state index in [0.29, 0.717) is 23.4 Å². The molecule has 0 fully saturated rings. The molecule has 0 aliphatic rings. The summed E-state index contributed by atoms with van der Waals surface area (Å²) in [6.07, 6.45) is 4.70. The topological polar surface area (TPSA) is 134 Å². The van der Waals surface area contributed by atoms with Crippen molar-refractivity contribution in [3.05, 3.63) is 72.4 Å². The molecule has 3 aromatic heterocycles. The van der Waals surface area contributed by atoms with Gasteiger partial charge in [-0.05, 0) is 29.8 Å². The monoisotopic (exact) mass is 398 g/mol. The van der Waals surface area contributed by atoms with Crippen LogP contribution in [-0.2, 0) is 6.54 Å². The number of aromatic nitrogens is 6. The lowest BCUT2D eigenvalue weighted by molar-refractivity contribution is 0.0697. The fourth-order valence-electron chi connectivity index (χ4n) is 3.15. The second-order valence-corrected chi connectivity index (χ2v) is 6.47. The number of carbonyl (C=O) groups is 1. The molecule has 0 atom stereocenters. The molecule has 0 unspecified atom stereocenters. The van der Waals surface area contributed by atoms with Gasteiger partial charge < -0.3 is 10.1 Å². The number of nitrogens with one attached hydrogen (secondary N) is 1. The molecule has 5 aromatic rings. The maximum atomic E-state index is 10.9. The van der Waals surface area contributed by atoms with Gasteiger partial charge >= 0.3 is 5.97 Å². The summed E-state index contributed by atoms with van der Waals surface area (Å²) >= 11 is 0. The molecule has 0 saturated carbocycles. The Balaban J connectivity index is 1.46. The largest absolute Gasteiger partial charge is 0.478 e. The van der Waals surface area contributed by atoms with E-state index in [1.165, 1.54) is 18.5 Å². The number of azo groups is 1. The molecule has 5 rings (SSSR count). The van der Waals surface area contributed by atoms with Crippen molar-refractivity contribution in [3.8, 4) is 5.69 Å². The van der Waals surface area contributed by atoms with E-state index in [1.807, 2.05) is 18.2 Å². The number of imidazole rings is 1. The Morgan fingerprint density at radius 1 is 1.10 bits per heavy atom. The van der Waals surface area contributed by atoms with Gasteiger partial charge in [0.15, 0.2) is 11.5 Å². The number of para-hydroxylation sites is 1. The molecule has 146 valence electrons. The zero-order valence-corrected chi connectivity index (χ0v) is 15.5. The van der Waals surface area contributed by atoms with E-state index in [-0.39, 0.29) is 5.56 Å². The van der Waals surface area contributed by atoms with E-state index in [4.69, 9.17) is 5.11 Å². The van der Waals surface area contributed by atoms with Crippen LogP contribution in [0.4, 0.5) is 5.82 Å². The SMILES string of the molecule is O=C(O)c1ccc(CN=Nc2ncnc3c2cnn3-c2cccc3[nH]cnc23)cc1. The molecule has 0 spiro atoms. The molecular formula is C20H14N8O2. The molecule has 30 heavy (non-hydrogen) atoms. The van der Waals surface area contributed by atoms with E-state index in [0.717, 1.165) is 22.3 Å². The Hall–Kier alpha value is -4.47. The number of hydrogen-bond acceptors (Lipinski definition) is 7. The Labute approximate surface area is 169 Å². The van der Waals surface area contributed by atoms with Gasteiger partial charge in [-0.2, -0.15) is 10.2 Å². The van der Waals surface area contributed by atoms with Crippen LogP contribution in [0.3, 0.4) is 0 Å². The summed E-state index contributed by atoms with van der Waals surface area (Å²) in [5.41, 5.74) is 4.15. The number of hydrogen-bond donors (Lipinski definition) is 2. The van der Waals surface area contributed by atoms with Gasteiger partial charge in [-0.25, -0.2) is 24.4 Å². The lowest BCUT2D eigenvalue weighted by Gasteiger charge is -2.03. The molecule has 0 aliphatic heterocycles. The predicted molar refractivity (Wildman–Crippen MR) is 108 cm³/mol. The molecule has 0 bridgehead atoms. The standard InChI is InChI=1S/C20H14N8O2/c29-20(30)13-6-4-12(5-7-13)8-25-27-18-14-9-26-28(19(14)24-11-23-18)16-3-1-2-15-17(16)22-10-21-15/h1-7,9-11H,8H2,(H,21,22)(H,29,30). The molecule has 2 N–H and O–H groups in total. The van der Waals surface area contributed by atoms with Crippen LogP contribution in [0.15, 0.2) is 71.5 Å². The van der Waals surface area contributed by atoms with Crippen molar-refractivity contribution in [3.63, 3.8) is 0 Å². The van der Waals surface area contributed by atoms with Gasteiger partial charge in [-0.3, -0.25) is 0 Å². The summed E-state index contributed by atoms with van der Waals surface area (Å²) in [7, 11) is 0. The van der Waals surface area contributed by atoms with Gasteiger partial charge in [0.25, 0.3) is 0 Å². The zero-order chi connectivity index (χ0) is 20.5. The summed E-state index contributed by atoms with van der Waals surface area (Å²) in [6, 6.07) is 12.3. The Morgan fingerprint density at radius 3 is 2.80 bits per heavy atom. The zero-order valence-electron chi connectivity index (χ0n) is 15.5. The van der Waals surface area contributed by atoms with Crippen LogP contribution < -0.4 is 0 Å². The molecule has 10 nitrogen and oxygen atoms in total. The van der Waals surface area contributed by atoms with E-state index in [2.05, 4.69) is 35.3 Å². The molecule has 3 heterocycles. The van der Waals surface area contributed by atoms with Crippen molar-refractivity contribution in [1.29, 1.82) is 0 Å². The van der Waals surface area contributed by atoms with Crippen molar-refractivity contribution in [2.45, 2.75) is 6.54 Å². The summed E-state index contributed by atoms with van der Waals surface area (Å²) < 4.78 is 1.70. The Bertz CT molecular complexity index is 1400. The quantitative estimate of drug-likeness (QED) is 0.434. The van der Waals surface area contributed by atoms with Crippen LogP contribution in [0.5, 0.6) is 0 Å². The molecular weight excluding hydrogens is 384 g/mol. The Kier molecular flexibility index (Phi) is 4.21. The summed E-state index contributed by atoms with van der Waals surface area (Å²) in [5, 5.41) is 22.5. The van der Waals surface area contributed by atoms with Crippen molar-refractivity contribution in [1.82, 2.24) is 29.7 Å². The molecule has 0 radical (unpaired) electrons. The summed E-state index contributed by atoms with van der Waals surface area (Å²) in [4.78, 5) is 26.9. The molecule has 0 aliphatic carbocycles. The fourth-order valence-corrected chi connectivity index (χ4v) is 3.15. The highest BCUT2D eigenvalue weighted by molar-refractivity contribution is 5.89. The number of carboxylic acid groups (broad SMARTS) is 1. The number of H-pyrrole nitrogens is 1. The average Bonchev–Trinajstić information content (AvgIpc) is 3.41. The first-order valence-electron chi connectivity index (χ1n) is 9.01. The van der Waals surface area contributed by atoms with Crippen LogP contribution in [0.2, 0.25) is 0 Å². The highest BCUT2D eigenvalue weighted by Gasteiger charge is 2.14. The van der Waals surface area contributed by atoms with Gasteiger partial charge in [0.1, 0.15) is 11.8 Å². The first kappa shape index (κ1) is 17.6. The smallest absolute Gasteiger partial charge is 0.335 e. The first-order chi connectivity index (χ1) is 14.7. The van der Waals surface area contributed by atoms with Crippen molar-refractivity contribution in [2.75, 3.05) is 0 Å². The normalized spacial score (nSPS) is 11.6. The van der Waals surface area contributed by atoms with Gasteiger partial charge in [0.05, 0.1) is 41.2 Å². The van der Waals surface area contributed by atoms with Crippen molar-refractivity contribution >= 4 is 33.9 Å². The predicted octanol–water partition coefficient (Wildman–Crippen LogP) is 3.67. The minimum atomic E-state index is -0.964. The van der Waals surface area contributed by atoms with E-state index in [9.17, 15) is 4.79 Å². The number of carboxylic acids is 1. The number of aromatic carboxylic acids is 1. The van der Waals surface area contributed by atoms with E-state index >= 15 is 0 Å². The fraction of sp³-hybridized carbons (Fsp3) is 0.0500. The van der Waals surface area contributed by atoms with E-state index in [1.54, 1.807) is 29.3 Å². The third-order valence-electron chi connectivity index (χ3n) is 4.62. The van der Waals surface area contributed by atoms with E-state index < -0.39 is 5.97 Å². The minimum Gasteiger partial charge on any atom is -0.478 e. The third kappa shape index (κ3) is 3.05. The second-order valence-electron chi connectivity index (χ2n) is 6.47.